The van der Waals surface area contributed by atoms with Crippen LogP contribution in [-0.4, -0.2) is 16.5 Å². The second kappa shape index (κ2) is 6.83. The highest BCUT2D eigenvalue weighted by molar-refractivity contribution is 7.99. The number of halogens is 1. The molecule has 0 fully saturated rings. The lowest BCUT2D eigenvalue weighted by atomic mass is 10.2. The fraction of sp³-hybridized carbons (Fsp3) is 0.308. The zero-order valence-electron chi connectivity index (χ0n) is 10.2. The molecular formula is C13H16ClN3S. The first-order valence-electron chi connectivity index (χ1n) is 5.96. The summed E-state index contributed by atoms with van der Waals surface area (Å²) in [5.41, 5.74) is 1.21. The lowest BCUT2D eigenvalue weighted by Crippen LogP contribution is -2.14. The van der Waals surface area contributed by atoms with E-state index in [2.05, 4.69) is 28.3 Å². The summed E-state index contributed by atoms with van der Waals surface area (Å²) in [6.45, 7) is 4.00. The molecule has 96 valence electrons. The third-order valence-electron chi connectivity index (χ3n) is 2.46. The quantitative estimate of drug-likeness (QED) is 0.793. The summed E-state index contributed by atoms with van der Waals surface area (Å²) >= 11 is 7.84. The molecule has 0 unspecified atom stereocenters. The molecule has 0 atom stereocenters. The number of nitrogens with one attached hydrogen (secondary N) is 2. The van der Waals surface area contributed by atoms with Crippen LogP contribution in [0.2, 0.25) is 5.02 Å². The van der Waals surface area contributed by atoms with Crippen LogP contribution in [0.15, 0.2) is 40.6 Å². The van der Waals surface area contributed by atoms with Crippen molar-refractivity contribution in [3.8, 4) is 0 Å². The van der Waals surface area contributed by atoms with E-state index in [0.29, 0.717) is 0 Å². The van der Waals surface area contributed by atoms with Gasteiger partial charge >= 0.3 is 0 Å². The summed E-state index contributed by atoms with van der Waals surface area (Å²) in [7, 11) is 0. The minimum atomic E-state index is 0.771. The van der Waals surface area contributed by atoms with Gasteiger partial charge in [0.2, 0.25) is 0 Å². The van der Waals surface area contributed by atoms with Crippen LogP contribution in [0, 0.1) is 0 Å². The molecule has 0 amide bonds. The minimum absolute atomic E-state index is 0.771. The molecule has 0 radical (unpaired) electrons. The van der Waals surface area contributed by atoms with Crippen molar-refractivity contribution in [2.75, 3.05) is 6.54 Å². The van der Waals surface area contributed by atoms with Crippen molar-refractivity contribution in [2.45, 2.75) is 29.9 Å². The normalized spacial score (nSPS) is 10.8. The maximum Gasteiger partial charge on any atom is 0.170 e. The average Bonchev–Trinajstić information content (AvgIpc) is 2.86. The SMILES string of the molecule is CCCNCc1cccc(Cl)c1Sc1ncc[nH]1. The van der Waals surface area contributed by atoms with E-state index in [-0.39, 0.29) is 0 Å². The molecule has 0 aliphatic carbocycles. The van der Waals surface area contributed by atoms with Gasteiger partial charge in [-0.05, 0) is 36.4 Å². The maximum atomic E-state index is 6.27. The number of nitrogens with zero attached hydrogens (tertiary/aromatic N) is 1. The smallest absolute Gasteiger partial charge is 0.170 e. The Morgan fingerprint density at radius 1 is 1.44 bits per heavy atom. The first-order chi connectivity index (χ1) is 8.81. The van der Waals surface area contributed by atoms with E-state index in [1.807, 2.05) is 18.3 Å². The van der Waals surface area contributed by atoms with Crippen LogP contribution in [0.3, 0.4) is 0 Å². The molecule has 2 rings (SSSR count). The Kier molecular flexibility index (Phi) is 5.11. The van der Waals surface area contributed by atoms with Gasteiger partial charge in [0.15, 0.2) is 5.16 Å². The number of imidazole rings is 1. The summed E-state index contributed by atoms with van der Waals surface area (Å²) in [5.74, 6) is 0. The molecule has 0 bridgehead atoms. The van der Waals surface area contributed by atoms with Crippen molar-refractivity contribution in [1.29, 1.82) is 0 Å². The zero-order valence-corrected chi connectivity index (χ0v) is 11.8. The first kappa shape index (κ1) is 13.5. The Hall–Kier alpha value is -0.970. The van der Waals surface area contributed by atoms with Crippen LogP contribution < -0.4 is 5.32 Å². The van der Waals surface area contributed by atoms with E-state index in [4.69, 9.17) is 11.6 Å². The van der Waals surface area contributed by atoms with Crippen LogP contribution >= 0.6 is 23.4 Å². The molecule has 18 heavy (non-hydrogen) atoms. The number of aromatic nitrogens is 2. The summed E-state index contributed by atoms with van der Waals surface area (Å²) < 4.78 is 0. The number of aromatic amines is 1. The Labute approximate surface area is 116 Å². The lowest BCUT2D eigenvalue weighted by Gasteiger charge is -2.10. The second-order valence-corrected chi connectivity index (χ2v) is 5.31. The summed E-state index contributed by atoms with van der Waals surface area (Å²) in [4.78, 5) is 8.37. The van der Waals surface area contributed by atoms with E-state index < -0.39 is 0 Å². The van der Waals surface area contributed by atoms with Crippen LogP contribution in [0.4, 0.5) is 0 Å². The van der Waals surface area contributed by atoms with Crippen molar-refractivity contribution in [2.24, 2.45) is 0 Å². The highest BCUT2D eigenvalue weighted by Gasteiger charge is 2.09. The lowest BCUT2D eigenvalue weighted by molar-refractivity contribution is 0.669. The van der Waals surface area contributed by atoms with Gasteiger partial charge in [0, 0.05) is 23.8 Å². The minimum Gasteiger partial charge on any atom is -0.339 e. The van der Waals surface area contributed by atoms with Gasteiger partial charge in [0.25, 0.3) is 0 Å². The summed E-state index contributed by atoms with van der Waals surface area (Å²) in [6.07, 6.45) is 4.68. The van der Waals surface area contributed by atoms with Crippen molar-refractivity contribution in [1.82, 2.24) is 15.3 Å². The molecule has 2 N–H and O–H groups in total. The molecule has 0 aliphatic heterocycles. The van der Waals surface area contributed by atoms with Gasteiger partial charge in [-0.3, -0.25) is 0 Å². The highest BCUT2D eigenvalue weighted by atomic mass is 35.5. The van der Waals surface area contributed by atoms with Crippen molar-refractivity contribution >= 4 is 23.4 Å². The molecule has 0 spiro atoms. The van der Waals surface area contributed by atoms with Gasteiger partial charge in [-0.2, -0.15) is 0 Å². The molecule has 3 nitrogen and oxygen atoms in total. The number of benzene rings is 1. The van der Waals surface area contributed by atoms with E-state index in [1.54, 1.807) is 18.0 Å². The molecule has 5 heteroatoms. The number of hydrogen-bond acceptors (Lipinski definition) is 3. The Bertz CT molecular complexity index is 485. The van der Waals surface area contributed by atoms with Crippen LogP contribution in [0.1, 0.15) is 18.9 Å². The Morgan fingerprint density at radius 2 is 2.33 bits per heavy atom. The number of rotatable bonds is 6. The third kappa shape index (κ3) is 3.51. The molecular weight excluding hydrogens is 266 g/mol. The molecule has 0 saturated carbocycles. The van der Waals surface area contributed by atoms with E-state index in [9.17, 15) is 0 Å². The molecule has 1 aromatic heterocycles. The van der Waals surface area contributed by atoms with Gasteiger partial charge in [0.1, 0.15) is 0 Å². The third-order valence-corrected chi connectivity index (χ3v) is 3.99. The second-order valence-electron chi connectivity index (χ2n) is 3.90. The predicted octanol–water partition coefficient (Wildman–Crippen LogP) is 3.71. The van der Waals surface area contributed by atoms with Crippen LogP contribution in [0.25, 0.3) is 0 Å². The van der Waals surface area contributed by atoms with Gasteiger partial charge < -0.3 is 10.3 Å². The van der Waals surface area contributed by atoms with E-state index in [0.717, 1.165) is 34.6 Å². The van der Waals surface area contributed by atoms with E-state index >= 15 is 0 Å². The fourth-order valence-corrected chi connectivity index (χ4v) is 2.79. The molecule has 0 saturated heterocycles. The predicted molar refractivity (Wildman–Crippen MR) is 76.2 cm³/mol. The molecule has 2 aromatic rings. The first-order valence-corrected chi connectivity index (χ1v) is 7.16. The van der Waals surface area contributed by atoms with Gasteiger partial charge in [-0.1, -0.05) is 30.7 Å². The van der Waals surface area contributed by atoms with Crippen molar-refractivity contribution < 1.29 is 0 Å². The number of H-pyrrole nitrogens is 1. The highest BCUT2D eigenvalue weighted by Crippen LogP contribution is 2.34. The summed E-state index contributed by atoms with van der Waals surface area (Å²) in [6, 6.07) is 5.99. The monoisotopic (exact) mass is 281 g/mol. The largest absolute Gasteiger partial charge is 0.339 e. The van der Waals surface area contributed by atoms with Crippen LogP contribution in [-0.2, 0) is 6.54 Å². The molecule has 1 heterocycles. The Balaban J connectivity index is 2.15. The van der Waals surface area contributed by atoms with Crippen molar-refractivity contribution in [3.05, 3.63) is 41.2 Å². The zero-order chi connectivity index (χ0) is 12.8. The van der Waals surface area contributed by atoms with Crippen molar-refractivity contribution in [3.63, 3.8) is 0 Å². The number of hydrogen-bond donors (Lipinski definition) is 2. The molecule has 0 aliphatic rings. The van der Waals surface area contributed by atoms with Gasteiger partial charge in [-0.15, -0.1) is 0 Å². The average molecular weight is 282 g/mol. The van der Waals surface area contributed by atoms with Crippen LogP contribution in [0.5, 0.6) is 0 Å². The Morgan fingerprint density at radius 3 is 3.06 bits per heavy atom. The van der Waals surface area contributed by atoms with Gasteiger partial charge in [-0.25, -0.2) is 4.98 Å². The fourth-order valence-electron chi connectivity index (χ4n) is 1.61. The summed E-state index contributed by atoms with van der Waals surface area (Å²) in [5, 5.41) is 5.03. The van der Waals surface area contributed by atoms with E-state index in [1.165, 1.54) is 5.56 Å². The standard InChI is InChI=1S/C13H16ClN3S/c1-2-6-15-9-10-4-3-5-11(14)12(10)18-13-16-7-8-17-13/h3-5,7-8,15H,2,6,9H2,1H3,(H,16,17). The van der Waals surface area contributed by atoms with Gasteiger partial charge in [0.05, 0.1) is 5.02 Å². The maximum absolute atomic E-state index is 6.27. The molecule has 1 aromatic carbocycles. The topological polar surface area (TPSA) is 40.7 Å².